The number of piperazine rings is 1. The standard InChI is InChI=1S/C13H19N3O2/c1-18-13(17)11(12-4-2-3-5-15-12)10-16-8-6-14-7-9-16/h2-5,11,14H,6-10H2,1H3. The molecular weight excluding hydrogens is 230 g/mol. The zero-order chi connectivity index (χ0) is 12.8. The van der Waals surface area contributed by atoms with Crippen LogP contribution in [-0.2, 0) is 9.53 Å². The summed E-state index contributed by atoms with van der Waals surface area (Å²) in [6.07, 6.45) is 1.71. The normalized spacial score (nSPS) is 18.3. The number of methoxy groups -OCH3 is 1. The molecule has 2 rings (SSSR count). The summed E-state index contributed by atoms with van der Waals surface area (Å²) in [5.41, 5.74) is 0.780. The Morgan fingerprint density at radius 1 is 1.50 bits per heavy atom. The van der Waals surface area contributed by atoms with Crippen molar-refractivity contribution in [2.75, 3.05) is 39.8 Å². The number of ether oxygens (including phenoxy) is 1. The van der Waals surface area contributed by atoms with E-state index in [0.29, 0.717) is 6.54 Å². The van der Waals surface area contributed by atoms with Crippen molar-refractivity contribution in [3.05, 3.63) is 30.1 Å². The lowest BCUT2D eigenvalue weighted by Gasteiger charge is -2.29. The molecule has 2 heterocycles. The lowest BCUT2D eigenvalue weighted by molar-refractivity contribution is -0.143. The number of carbonyl (C=O) groups excluding carboxylic acids is 1. The number of nitrogens with one attached hydrogen (secondary N) is 1. The van der Waals surface area contributed by atoms with Gasteiger partial charge in [0, 0.05) is 38.9 Å². The SMILES string of the molecule is COC(=O)C(CN1CCNCC1)c1ccccn1. The first-order chi connectivity index (χ1) is 8.81. The highest BCUT2D eigenvalue weighted by molar-refractivity contribution is 5.77. The summed E-state index contributed by atoms with van der Waals surface area (Å²) in [7, 11) is 1.43. The Kier molecular flexibility index (Phi) is 4.66. The van der Waals surface area contributed by atoms with Crippen LogP contribution in [0.1, 0.15) is 11.6 Å². The monoisotopic (exact) mass is 249 g/mol. The molecule has 1 aromatic heterocycles. The van der Waals surface area contributed by atoms with E-state index in [1.807, 2.05) is 18.2 Å². The van der Waals surface area contributed by atoms with Gasteiger partial charge in [-0.2, -0.15) is 0 Å². The Morgan fingerprint density at radius 3 is 2.89 bits per heavy atom. The van der Waals surface area contributed by atoms with Gasteiger partial charge in [0.2, 0.25) is 0 Å². The number of pyridine rings is 1. The molecule has 1 aliphatic rings. The van der Waals surface area contributed by atoms with Crippen molar-refractivity contribution >= 4 is 5.97 Å². The van der Waals surface area contributed by atoms with Gasteiger partial charge in [-0.3, -0.25) is 14.7 Å². The number of esters is 1. The molecule has 1 N–H and O–H groups in total. The van der Waals surface area contributed by atoms with Crippen LogP contribution in [0.5, 0.6) is 0 Å². The molecule has 0 saturated carbocycles. The van der Waals surface area contributed by atoms with Gasteiger partial charge in [-0.05, 0) is 12.1 Å². The van der Waals surface area contributed by atoms with Crippen LogP contribution in [0.25, 0.3) is 0 Å². The number of nitrogens with zero attached hydrogens (tertiary/aromatic N) is 2. The molecule has 0 bridgehead atoms. The minimum atomic E-state index is -0.297. The largest absolute Gasteiger partial charge is 0.468 e. The lowest BCUT2D eigenvalue weighted by atomic mass is 10.0. The van der Waals surface area contributed by atoms with Crippen molar-refractivity contribution in [2.24, 2.45) is 0 Å². The summed E-state index contributed by atoms with van der Waals surface area (Å²) in [6.45, 7) is 4.53. The van der Waals surface area contributed by atoms with Gasteiger partial charge in [0.05, 0.1) is 12.8 Å². The summed E-state index contributed by atoms with van der Waals surface area (Å²) < 4.78 is 4.89. The van der Waals surface area contributed by atoms with E-state index in [4.69, 9.17) is 4.74 Å². The van der Waals surface area contributed by atoms with Crippen LogP contribution in [0.2, 0.25) is 0 Å². The van der Waals surface area contributed by atoms with Crippen LogP contribution in [0.4, 0.5) is 0 Å². The summed E-state index contributed by atoms with van der Waals surface area (Å²) >= 11 is 0. The maximum Gasteiger partial charge on any atom is 0.316 e. The predicted molar refractivity (Wildman–Crippen MR) is 68.3 cm³/mol. The molecule has 1 aliphatic heterocycles. The van der Waals surface area contributed by atoms with Gasteiger partial charge in [0.1, 0.15) is 5.92 Å². The fourth-order valence-electron chi connectivity index (χ4n) is 2.17. The quantitative estimate of drug-likeness (QED) is 0.775. The average molecular weight is 249 g/mol. The van der Waals surface area contributed by atoms with Crippen molar-refractivity contribution in [1.29, 1.82) is 0 Å². The molecule has 0 spiro atoms. The van der Waals surface area contributed by atoms with Gasteiger partial charge in [0.15, 0.2) is 0 Å². The molecule has 1 saturated heterocycles. The fraction of sp³-hybridized carbons (Fsp3) is 0.538. The van der Waals surface area contributed by atoms with Crippen LogP contribution in [0.15, 0.2) is 24.4 Å². The smallest absolute Gasteiger partial charge is 0.316 e. The number of hydrogen-bond donors (Lipinski definition) is 1. The van der Waals surface area contributed by atoms with E-state index >= 15 is 0 Å². The molecule has 0 radical (unpaired) electrons. The van der Waals surface area contributed by atoms with Gasteiger partial charge in [0.25, 0.3) is 0 Å². The maximum absolute atomic E-state index is 11.9. The van der Waals surface area contributed by atoms with Crippen LogP contribution in [-0.4, -0.2) is 55.7 Å². The third-order valence-corrected chi connectivity index (χ3v) is 3.18. The minimum absolute atomic E-state index is 0.216. The second-order valence-electron chi connectivity index (χ2n) is 4.38. The van der Waals surface area contributed by atoms with Gasteiger partial charge < -0.3 is 10.1 Å². The van der Waals surface area contributed by atoms with E-state index < -0.39 is 0 Å². The molecule has 1 atom stereocenters. The third kappa shape index (κ3) is 3.27. The van der Waals surface area contributed by atoms with Gasteiger partial charge in [-0.1, -0.05) is 6.07 Å². The van der Waals surface area contributed by atoms with Gasteiger partial charge >= 0.3 is 5.97 Å². The van der Waals surface area contributed by atoms with Crippen molar-refractivity contribution in [3.8, 4) is 0 Å². The van der Waals surface area contributed by atoms with Crippen molar-refractivity contribution < 1.29 is 9.53 Å². The Bertz CT molecular complexity index is 377. The average Bonchev–Trinajstić information content (AvgIpc) is 2.46. The highest BCUT2D eigenvalue weighted by atomic mass is 16.5. The van der Waals surface area contributed by atoms with Crippen molar-refractivity contribution in [3.63, 3.8) is 0 Å². The Morgan fingerprint density at radius 2 is 2.28 bits per heavy atom. The van der Waals surface area contributed by atoms with Crippen molar-refractivity contribution in [2.45, 2.75) is 5.92 Å². The first-order valence-electron chi connectivity index (χ1n) is 6.23. The molecule has 1 unspecified atom stereocenters. The van der Waals surface area contributed by atoms with Crippen LogP contribution in [0.3, 0.4) is 0 Å². The van der Waals surface area contributed by atoms with E-state index in [0.717, 1.165) is 31.9 Å². The summed E-state index contributed by atoms with van der Waals surface area (Å²) in [4.78, 5) is 18.4. The molecule has 18 heavy (non-hydrogen) atoms. The summed E-state index contributed by atoms with van der Waals surface area (Å²) in [6, 6.07) is 5.63. The minimum Gasteiger partial charge on any atom is -0.468 e. The topological polar surface area (TPSA) is 54.5 Å². The van der Waals surface area contributed by atoms with E-state index in [9.17, 15) is 4.79 Å². The Labute approximate surface area is 107 Å². The molecule has 98 valence electrons. The van der Waals surface area contributed by atoms with Gasteiger partial charge in [-0.25, -0.2) is 0 Å². The van der Waals surface area contributed by atoms with Gasteiger partial charge in [-0.15, -0.1) is 0 Å². The lowest BCUT2D eigenvalue weighted by Crippen LogP contribution is -2.46. The molecule has 5 nitrogen and oxygen atoms in total. The fourth-order valence-corrected chi connectivity index (χ4v) is 2.17. The third-order valence-electron chi connectivity index (χ3n) is 3.18. The molecule has 5 heteroatoms. The van der Waals surface area contributed by atoms with Crippen LogP contribution < -0.4 is 5.32 Å². The highest BCUT2D eigenvalue weighted by Gasteiger charge is 2.25. The van der Waals surface area contributed by atoms with E-state index in [1.54, 1.807) is 6.20 Å². The Balaban J connectivity index is 2.07. The molecule has 1 fully saturated rings. The zero-order valence-electron chi connectivity index (χ0n) is 10.6. The highest BCUT2D eigenvalue weighted by Crippen LogP contribution is 2.16. The number of rotatable bonds is 4. The summed E-state index contributed by atoms with van der Waals surface area (Å²) in [5.74, 6) is -0.512. The number of carbonyl (C=O) groups is 1. The van der Waals surface area contributed by atoms with E-state index in [-0.39, 0.29) is 11.9 Å². The molecule has 0 amide bonds. The first-order valence-corrected chi connectivity index (χ1v) is 6.23. The number of aromatic nitrogens is 1. The second-order valence-corrected chi connectivity index (χ2v) is 4.38. The predicted octanol–water partition coefficient (Wildman–Crippen LogP) is 0.243. The van der Waals surface area contributed by atoms with Crippen LogP contribution >= 0.6 is 0 Å². The molecule has 1 aromatic rings. The maximum atomic E-state index is 11.9. The summed E-state index contributed by atoms with van der Waals surface area (Å²) in [5, 5.41) is 3.30. The van der Waals surface area contributed by atoms with Crippen LogP contribution in [0, 0.1) is 0 Å². The number of hydrogen-bond acceptors (Lipinski definition) is 5. The second kappa shape index (κ2) is 6.47. The Hall–Kier alpha value is -1.46. The molecule has 0 aromatic carbocycles. The molecule has 0 aliphatic carbocycles. The van der Waals surface area contributed by atoms with Crippen molar-refractivity contribution in [1.82, 2.24) is 15.2 Å². The first kappa shape index (κ1) is 13.0. The zero-order valence-corrected chi connectivity index (χ0v) is 10.6. The van der Waals surface area contributed by atoms with E-state index in [1.165, 1.54) is 7.11 Å². The van der Waals surface area contributed by atoms with E-state index in [2.05, 4.69) is 15.2 Å². The molecular formula is C13H19N3O2.